The molecule has 0 amide bonds. The van der Waals surface area contributed by atoms with E-state index in [2.05, 4.69) is 36.2 Å². The van der Waals surface area contributed by atoms with E-state index in [0.717, 1.165) is 5.75 Å². The Hall–Kier alpha value is -0.590. The molecular weight excluding hydrogens is 205 g/mol. The van der Waals surface area contributed by atoms with Gasteiger partial charge in [-0.15, -0.1) is 0 Å². The molecule has 0 N–H and O–H groups in total. The quantitative estimate of drug-likeness (QED) is 0.708. The fraction of sp³-hybridized carbons (Fsp3) is 0.500. The second-order valence-electron chi connectivity index (χ2n) is 3.99. The Kier molecular flexibility index (Phi) is 3.61. The van der Waals surface area contributed by atoms with Crippen molar-refractivity contribution in [3.63, 3.8) is 0 Å². The SMILES string of the molecule is COc1ccc(P2CCN(C)CC2)cc1. The molecule has 15 heavy (non-hydrogen) atoms. The summed E-state index contributed by atoms with van der Waals surface area (Å²) in [6.45, 7) is 2.50. The highest BCUT2D eigenvalue weighted by Gasteiger charge is 2.17. The summed E-state index contributed by atoms with van der Waals surface area (Å²) in [5.41, 5.74) is 0. The van der Waals surface area contributed by atoms with Gasteiger partial charge in [0, 0.05) is 13.1 Å². The van der Waals surface area contributed by atoms with Gasteiger partial charge in [0.15, 0.2) is 0 Å². The van der Waals surface area contributed by atoms with Gasteiger partial charge in [0.2, 0.25) is 0 Å². The molecule has 1 aromatic rings. The van der Waals surface area contributed by atoms with Crippen molar-refractivity contribution in [2.24, 2.45) is 0 Å². The molecule has 0 aromatic heterocycles. The molecule has 3 heteroatoms. The first-order chi connectivity index (χ1) is 7.29. The Morgan fingerprint density at radius 3 is 2.27 bits per heavy atom. The van der Waals surface area contributed by atoms with Gasteiger partial charge in [-0.2, -0.15) is 0 Å². The molecule has 2 rings (SSSR count). The lowest BCUT2D eigenvalue weighted by Gasteiger charge is -2.29. The predicted octanol–water partition coefficient (Wildman–Crippen LogP) is 1.75. The zero-order valence-electron chi connectivity index (χ0n) is 9.44. The molecule has 1 aliphatic rings. The van der Waals surface area contributed by atoms with Crippen molar-refractivity contribution in [1.82, 2.24) is 4.90 Å². The second kappa shape index (κ2) is 4.96. The number of rotatable bonds is 2. The molecule has 0 bridgehead atoms. The summed E-state index contributed by atoms with van der Waals surface area (Å²) in [7, 11) is 4.02. The minimum atomic E-state index is 0.0919. The fourth-order valence-corrected chi connectivity index (χ4v) is 4.33. The van der Waals surface area contributed by atoms with E-state index >= 15 is 0 Å². The van der Waals surface area contributed by atoms with Gasteiger partial charge < -0.3 is 9.64 Å². The Labute approximate surface area is 93.0 Å². The molecule has 2 nitrogen and oxygen atoms in total. The molecule has 1 heterocycles. The third-order valence-corrected chi connectivity index (χ3v) is 5.45. The van der Waals surface area contributed by atoms with Crippen LogP contribution in [0.1, 0.15) is 0 Å². The Bertz CT molecular complexity index is 304. The topological polar surface area (TPSA) is 12.5 Å². The van der Waals surface area contributed by atoms with E-state index in [1.54, 1.807) is 7.11 Å². The van der Waals surface area contributed by atoms with Crippen LogP contribution in [-0.4, -0.2) is 44.5 Å². The van der Waals surface area contributed by atoms with E-state index in [-0.39, 0.29) is 7.92 Å². The first kappa shape index (κ1) is 10.9. The van der Waals surface area contributed by atoms with Crippen LogP contribution in [0.4, 0.5) is 0 Å². The summed E-state index contributed by atoms with van der Waals surface area (Å²) in [5, 5.41) is 1.53. The van der Waals surface area contributed by atoms with E-state index in [9.17, 15) is 0 Å². The minimum absolute atomic E-state index is 0.0919. The van der Waals surface area contributed by atoms with E-state index in [4.69, 9.17) is 4.74 Å². The van der Waals surface area contributed by atoms with Crippen LogP contribution in [-0.2, 0) is 0 Å². The summed E-state index contributed by atoms with van der Waals surface area (Å²) in [6.07, 6.45) is 2.69. The Morgan fingerprint density at radius 2 is 1.73 bits per heavy atom. The summed E-state index contributed by atoms with van der Waals surface area (Å²) in [6, 6.07) is 8.62. The third kappa shape index (κ3) is 2.70. The second-order valence-corrected chi connectivity index (χ2v) is 6.48. The normalized spacial score (nSPS) is 19.1. The molecule has 0 spiro atoms. The molecule has 0 atom stereocenters. The van der Waals surface area contributed by atoms with E-state index < -0.39 is 0 Å². The number of nitrogens with zero attached hydrogens (tertiary/aromatic N) is 1. The molecule has 0 radical (unpaired) electrons. The molecule has 0 aliphatic carbocycles. The van der Waals surface area contributed by atoms with Crippen molar-refractivity contribution in [2.75, 3.05) is 39.6 Å². The van der Waals surface area contributed by atoms with Gasteiger partial charge in [-0.3, -0.25) is 0 Å². The lowest BCUT2D eigenvalue weighted by molar-refractivity contribution is 0.369. The number of ether oxygens (including phenoxy) is 1. The Morgan fingerprint density at radius 1 is 1.13 bits per heavy atom. The lowest BCUT2D eigenvalue weighted by atomic mass is 10.3. The van der Waals surface area contributed by atoms with Crippen LogP contribution in [0.2, 0.25) is 0 Å². The monoisotopic (exact) mass is 223 g/mol. The molecule has 0 unspecified atom stereocenters. The molecule has 1 fully saturated rings. The smallest absolute Gasteiger partial charge is 0.118 e. The van der Waals surface area contributed by atoms with Gasteiger partial charge in [0.05, 0.1) is 7.11 Å². The summed E-state index contributed by atoms with van der Waals surface area (Å²) < 4.78 is 5.17. The van der Waals surface area contributed by atoms with Crippen LogP contribution in [0.5, 0.6) is 5.75 Å². The average molecular weight is 223 g/mol. The third-order valence-electron chi connectivity index (χ3n) is 2.94. The van der Waals surface area contributed by atoms with Crippen molar-refractivity contribution in [2.45, 2.75) is 0 Å². The number of hydrogen-bond donors (Lipinski definition) is 0. The molecule has 1 aliphatic heterocycles. The number of hydrogen-bond acceptors (Lipinski definition) is 2. The molecule has 0 saturated carbocycles. The van der Waals surface area contributed by atoms with Gasteiger partial charge in [0.25, 0.3) is 0 Å². The fourth-order valence-electron chi connectivity index (χ4n) is 1.86. The highest BCUT2D eigenvalue weighted by Crippen LogP contribution is 2.36. The molecule has 1 saturated heterocycles. The largest absolute Gasteiger partial charge is 0.497 e. The summed E-state index contributed by atoms with van der Waals surface area (Å²) in [5.74, 6) is 0.961. The van der Waals surface area contributed by atoms with E-state index in [0.29, 0.717) is 0 Å². The maximum absolute atomic E-state index is 5.17. The Balaban J connectivity index is 2.03. The maximum atomic E-state index is 5.17. The lowest BCUT2D eigenvalue weighted by Crippen LogP contribution is -2.32. The first-order valence-electron chi connectivity index (χ1n) is 5.37. The van der Waals surface area contributed by atoms with Crippen LogP contribution in [0, 0.1) is 0 Å². The van der Waals surface area contributed by atoms with Crippen LogP contribution >= 0.6 is 7.92 Å². The van der Waals surface area contributed by atoms with Crippen molar-refractivity contribution in [3.8, 4) is 5.75 Å². The van der Waals surface area contributed by atoms with Crippen molar-refractivity contribution in [3.05, 3.63) is 24.3 Å². The van der Waals surface area contributed by atoms with Gasteiger partial charge in [-0.1, -0.05) is 20.1 Å². The van der Waals surface area contributed by atoms with Crippen LogP contribution in [0.3, 0.4) is 0 Å². The van der Waals surface area contributed by atoms with Crippen molar-refractivity contribution < 1.29 is 4.74 Å². The molecule has 82 valence electrons. The average Bonchev–Trinajstić information content (AvgIpc) is 2.30. The highest BCUT2D eigenvalue weighted by atomic mass is 31.1. The first-order valence-corrected chi connectivity index (χ1v) is 7.08. The van der Waals surface area contributed by atoms with Gasteiger partial charge >= 0.3 is 0 Å². The van der Waals surface area contributed by atoms with Gasteiger partial charge in [0.1, 0.15) is 5.75 Å². The van der Waals surface area contributed by atoms with E-state index in [1.807, 2.05) is 0 Å². The van der Waals surface area contributed by atoms with Crippen LogP contribution < -0.4 is 10.0 Å². The minimum Gasteiger partial charge on any atom is -0.497 e. The van der Waals surface area contributed by atoms with Crippen LogP contribution in [0.15, 0.2) is 24.3 Å². The summed E-state index contributed by atoms with van der Waals surface area (Å²) in [4.78, 5) is 2.42. The van der Waals surface area contributed by atoms with E-state index in [1.165, 1.54) is 30.7 Å². The van der Waals surface area contributed by atoms with Crippen molar-refractivity contribution in [1.29, 1.82) is 0 Å². The van der Waals surface area contributed by atoms with Gasteiger partial charge in [-0.25, -0.2) is 0 Å². The standard InChI is InChI=1S/C12H18NOP/c1-13-7-9-15(10-8-13)12-5-3-11(14-2)4-6-12/h3-6H,7-10H2,1-2H3. The van der Waals surface area contributed by atoms with Crippen LogP contribution in [0.25, 0.3) is 0 Å². The summed E-state index contributed by atoms with van der Waals surface area (Å²) >= 11 is 0. The number of methoxy groups -OCH3 is 1. The van der Waals surface area contributed by atoms with Crippen molar-refractivity contribution >= 4 is 13.2 Å². The zero-order valence-corrected chi connectivity index (χ0v) is 10.3. The number of benzene rings is 1. The maximum Gasteiger partial charge on any atom is 0.118 e. The zero-order chi connectivity index (χ0) is 10.7. The molecule has 1 aromatic carbocycles. The highest BCUT2D eigenvalue weighted by molar-refractivity contribution is 7.65. The predicted molar refractivity (Wildman–Crippen MR) is 66.8 cm³/mol. The van der Waals surface area contributed by atoms with Gasteiger partial charge in [-0.05, 0) is 36.8 Å². The molecular formula is C12H18NOP.